The zero-order valence-corrected chi connectivity index (χ0v) is 10.8. The summed E-state index contributed by atoms with van der Waals surface area (Å²) in [5.41, 5.74) is -1.37. The Morgan fingerprint density at radius 3 is 2.76 bits per heavy atom. The van der Waals surface area contributed by atoms with Crippen LogP contribution in [0.1, 0.15) is 10.4 Å². The highest BCUT2D eigenvalue weighted by atomic mass is 19.2. The SMILES string of the molecule is O=C(c1cc(F)c(F)cc1[N+](=O)[O-])N1CCOCC1CO. The van der Waals surface area contributed by atoms with Crippen molar-refractivity contribution in [1.29, 1.82) is 0 Å². The van der Waals surface area contributed by atoms with E-state index in [0.29, 0.717) is 12.1 Å². The van der Waals surface area contributed by atoms with Gasteiger partial charge in [-0.05, 0) is 6.07 Å². The van der Waals surface area contributed by atoms with Crippen LogP contribution in [0.2, 0.25) is 0 Å². The van der Waals surface area contributed by atoms with Gasteiger partial charge in [0.1, 0.15) is 5.56 Å². The van der Waals surface area contributed by atoms with Crippen LogP contribution < -0.4 is 0 Å². The van der Waals surface area contributed by atoms with Crippen LogP contribution in [0.5, 0.6) is 0 Å². The van der Waals surface area contributed by atoms with Gasteiger partial charge in [-0.3, -0.25) is 14.9 Å². The Morgan fingerprint density at radius 2 is 2.14 bits per heavy atom. The van der Waals surface area contributed by atoms with Crippen LogP contribution in [0.15, 0.2) is 12.1 Å². The first-order valence-corrected chi connectivity index (χ1v) is 6.08. The van der Waals surface area contributed by atoms with E-state index in [4.69, 9.17) is 4.74 Å². The second kappa shape index (κ2) is 6.10. The van der Waals surface area contributed by atoms with Crippen molar-refractivity contribution in [2.75, 3.05) is 26.4 Å². The van der Waals surface area contributed by atoms with E-state index in [1.165, 1.54) is 0 Å². The third-order valence-electron chi connectivity index (χ3n) is 3.16. The highest BCUT2D eigenvalue weighted by Crippen LogP contribution is 2.25. The van der Waals surface area contributed by atoms with Crippen molar-refractivity contribution in [3.63, 3.8) is 0 Å². The van der Waals surface area contributed by atoms with Crippen LogP contribution in [0.4, 0.5) is 14.5 Å². The number of aliphatic hydroxyl groups is 1. The number of amides is 1. The van der Waals surface area contributed by atoms with Gasteiger partial charge in [-0.1, -0.05) is 0 Å². The minimum atomic E-state index is -1.40. The fourth-order valence-corrected chi connectivity index (χ4v) is 2.09. The zero-order valence-electron chi connectivity index (χ0n) is 10.8. The molecule has 1 atom stereocenters. The molecule has 0 spiro atoms. The lowest BCUT2D eigenvalue weighted by Gasteiger charge is -2.34. The molecule has 1 saturated heterocycles. The van der Waals surface area contributed by atoms with Gasteiger partial charge in [0, 0.05) is 6.54 Å². The molecule has 114 valence electrons. The van der Waals surface area contributed by atoms with Crippen molar-refractivity contribution < 1.29 is 28.3 Å². The third kappa shape index (κ3) is 2.98. The molecular weight excluding hydrogens is 290 g/mol. The Labute approximate surface area is 117 Å². The number of carbonyl (C=O) groups excluding carboxylic acids is 1. The molecule has 1 N–H and O–H groups in total. The maximum absolute atomic E-state index is 13.3. The van der Waals surface area contributed by atoms with Gasteiger partial charge in [-0.15, -0.1) is 0 Å². The molecule has 1 aliphatic rings. The number of ether oxygens (including phenoxy) is 1. The largest absolute Gasteiger partial charge is 0.394 e. The summed E-state index contributed by atoms with van der Waals surface area (Å²) in [6.07, 6.45) is 0. The standard InChI is InChI=1S/C12H12F2N2O5/c13-9-3-8(11(16(19)20)4-10(9)14)12(18)15-1-2-21-6-7(15)5-17/h3-4,7,17H,1-2,5-6H2. The van der Waals surface area contributed by atoms with Gasteiger partial charge in [0.15, 0.2) is 11.6 Å². The van der Waals surface area contributed by atoms with Gasteiger partial charge in [0.2, 0.25) is 0 Å². The number of nitro benzene ring substituents is 1. The van der Waals surface area contributed by atoms with Crippen LogP contribution >= 0.6 is 0 Å². The lowest BCUT2D eigenvalue weighted by molar-refractivity contribution is -0.385. The first-order chi connectivity index (χ1) is 9.95. The molecule has 1 aliphatic heterocycles. The van der Waals surface area contributed by atoms with Crippen LogP contribution in [0.3, 0.4) is 0 Å². The minimum absolute atomic E-state index is 0.0692. The van der Waals surface area contributed by atoms with Gasteiger partial charge in [0.05, 0.1) is 36.9 Å². The van der Waals surface area contributed by atoms with E-state index in [9.17, 15) is 28.8 Å². The van der Waals surface area contributed by atoms with Crippen molar-refractivity contribution >= 4 is 11.6 Å². The van der Waals surface area contributed by atoms with E-state index in [0.717, 1.165) is 4.90 Å². The lowest BCUT2D eigenvalue weighted by atomic mass is 10.1. The van der Waals surface area contributed by atoms with Gasteiger partial charge in [-0.2, -0.15) is 0 Å². The van der Waals surface area contributed by atoms with Crippen LogP contribution in [0.25, 0.3) is 0 Å². The fourth-order valence-electron chi connectivity index (χ4n) is 2.09. The Kier molecular flexibility index (Phi) is 4.43. The predicted molar refractivity (Wildman–Crippen MR) is 65.7 cm³/mol. The second-order valence-electron chi connectivity index (χ2n) is 4.45. The molecule has 0 aliphatic carbocycles. The first kappa shape index (κ1) is 15.3. The fraction of sp³-hybridized carbons (Fsp3) is 0.417. The van der Waals surface area contributed by atoms with Crippen molar-refractivity contribution in [1.82, 2.24) is 4.90 Å². The molecule has 1 aromatic rings. The highest BCUT2D eigenvalue weighted by Gasteiger charge is 2.32. The molecule has 1 amide bonds. The lowest BCUT2D eigenvalue weighted by Crippen LogP contribution is -2.50. The molecule has 0 saturated carbocycles. The molecule has 9 heteroatoms. The third-order valence-corrected chi connectivity index (χ3v) is 3.16. The molecule has 0 bridgehead atoms. The molecular formula is C12H12F2N2O5. The van der Waals surface area contributed by atoms with E-state index in [1.54, 1.807) is 0 Å². The highest BCUT2D eigenvalue weighted by molar-refractivity contribution is 5.98. The average molecular weight is 302 g/mol. The first-order valence-electron chi connectivity index (χ1n) is 6.08. The Bertz CT molecular complexity index is 581. The van der Waals surface area contributed by atoms with Crippen LogP contribution in [-0.4, -0.2) is 53.2 Å². The number of nitro groups is 1. The molecule has 1 heterocycles. The smallest absolute Gasteiger partial charge is 0.285 e. The maximum atomic E-state index is 13.3. The summed E-state index contributed by atoms with van der Waals surface area (Å²) < 4.78 is 31.5. The van der Waals surface area contributed by atoms with Gasteiger partial charge in [0.25, 0.3) is 11.6 Å². The zero-order chi connectivity index (χ0) is 15.6. The van der Waals surface area contributed by atoms with E-state index in [-0.39, 0.29) is 19.8 Å². The van der Waals surface area contributed by atoms with Crippen molar-refractivity contribution in [3.8, 4) is 0 Å². The Morgan fingerprint density at radius 1 is 1.48 bits per heavy atom. The molecule has 2 rings (SSSR count). The molecule has 0 radical (unpaired) electrons. The van der Waals surface area contributed by atoms with Crippen molar-refractivity contribution in [2.45, 2.75) is 6.04 Å². The number of nitrogens with zero attached hydrogens (tertiary/aromatic N) is 2. The molecule has 1 aromatic carbocycles. The predicted octanol–water partition coefficient (Wildman–Crippen LogP) is 0.706. The Hall–Kier alpha value is -2.13. The summed E-state index contributed by atoms with van der Waals surface area (Å²) in [5.74, 6) is -3.60. The summed E-state index contributed by atoms with van der Waals surface area (Å²) in [6, 6.07) is 0.190. The number of carbonyl (C=O) groups is 1. The molecule has 7 nitrogen and oxygen atoms in total. The maximum Gasteiger partial charge on any atom is 0.285 e. The normalized spacial score (nSPS) is 18.6. The van der Waals surface area contributed by atoms with Gasteiger partial charge >= 0.3 is 0 Å². The second-order valence-corrected chi connectivity index (χ2v) is 4.45. The molecule has 1 unspecified atom stereocenters. The van der Waals surface area contributed by atoms with Gasteiger partial charge < -0.3 is 14.7 Å². The van der Waals surface area contributed by atoms with Crippen LogP contribution in [-0.2, 0) is 4.74 Å². The van der Waals surface area contributed by atoms with E-state index in [1.807, 2.05) is 0 Å². The van der Waals surface area contributed by atoms with Crippen LogP contribution in [0, 0.1) is 21.7 Å². The Balaban J connectivity index is 2.42. The monoisotopic (exact) mass is 302 g/mol. The number of halogens is 2. The summed E-state index contributed by atoms with van der Waals surface area (Å²) >= 11 is 0. The van der Waals surface area contributed by atoms with E-state index < -0.39 is 46.4 Å². The quantitative estimate of drug-likeness (QED) is 0.655. The topological polar surface area (TPSA) is 92.9 Å². The number of hydrogen-bond donors (Lipinski definition) is 1. The van der Waals surface area contributed by atoms with E-state index in [2.05, 4.69) is 0 Å². The molecule has 21 heavy (non-hydrogen) atoms. The number of rotatable bonds is 3. The average Bonchev–Trinajstić information content (AvgIpc) is 2.48. The number of morpholine rings is 1. The number of hydrogen-bond acceptors (Lipinski definition) is 5. The number of benzene rings is 1. The molecule has 0 aromatic heterocycles. The molecule has 1 fully saturated rings. The summed E-state index contributed by atoms with van der Waals surface area (Å²) in [5, 5.41) is 20.1. The van der Waals surface area contributed by atoms with Crippen molar-refractivity contribution in [3.05, 3.63) is 39.4 Å². The number of aliphatic hydroxyl groups excluding tert-OH is 1. The van der Waals surface area contributed by atoms with E-state index >= 15 is 0 Å². The van der Waals surface area contributed by atoms with Crippen molar-refractivity contribution in [2.24, 2.45) is 0 Å². The summed E-state index contributed by atoms with van der Waals surface area (Å²) in [7, 11) is 0. The minimum Gasteiger partial charge on any atom is -0.394 e. The van der Waals surface area contributed by atoms with Gasteiger partial charge in [-0.25, -0.2) is 8.78 Å². The summed E-state index contributed by atoms with van der Waals surface area (Å²) in [4.78, 5) is 23.4. The summed E-state index contributed by atoms with van der Waals surface area (Å²) in [6.45, 7) is -0.0388.